The summed E-state index contributed by atoms with van der Waals surface area (Å²) in [6.07, 6.45) is 1.55. The first-order valence-corrected chi connectivity index (χ1v) is 6.36. The summed E-state index contributed by atoms with van der Waals surface area (Å²) in [5.41, 5.74) is 0.540. The van der Waals surface area contributed by atoms with Crippen molar-refractivity contribution < 1.29 is 9.18 Å². The van der Waals surface area contributed by atoms with Crippen LogP contribution in [-0.4, -0.2) is 30.9 Å². The molecular weight excluding hydrogens is 255 g/mol. The summed E-state index contributed by atoms with van der Waals surface area (Å²) in [6.45, 7) is 2.00. The van der Waals surface area contributed by atoms with Crippen LogP contribution in [0.3, 0.4) is 0 Å². The van der Waals surface area contributed by atoms with Crippen LogP contribution in [0.1, 0.15) is 12.8 Å². The van der Waals surface area contributed by atoms with Gasteiger partial charge in [0.15, 0.2) is 0 Å². The molecule has 1 amide bonds. The Kier molecular flexibility index (Phi) is 4.19. The molecule has 0 radical (unpaired) electrons. The molecule has 98 valence electrons. The van der Waals surface area contributed by atoms with Crippen molar-refractivity contribution in [3.05, 3.63) is 29.0 Å². The van der Waals surface area contributed by atoms with Crippen molar-refractivity contribution in [1.29, 1.82) is 0 Å². The van der Waals surface area contributed by atoms with Gasteiger partial charge < -0.3 is 10.2 Å². The van der Waals surface area contributed by atoms with Crippen LogP contribution in [0.5, 0.6) is 0 Å². The average Bonchev–Trinajstić information content (AvgIpc) is 2.69. The first-order chi connectivity index (χ1) is 8.54. The van der Waals surface area contributed by atoms with Gasteiger partial charge in [-0.15, -0.1) is 0 Å². The Morgan fingerprint density at radius 2 is 2.39 bits per heavy atom. The van der Waals surface area contributed by atoms with E-state index >= 15 is 0 Å². The second-order valence-electron chi connectivity index (χ2n) is 4.80. The van der Waals surface area contributed by atoms with Crippen LogP contribution < -0.4 is 5.32 Å². The second kappa shape index (κ2) is 5.67. The molecule has 1 aliphatic heterocycles. The molecule has 3 nitrogen and oxygen atoms in total. The lowest BCUT2D eigenvalue weighted by atomic mass is 10.0. The Balaban J connectivity index is 1.89. The maximum absolute atomic E-state index is 13.0. The van der Waals surface area contributed by atoms with Crippen molar-refractivity contribution in [3.8, 4) is 0 Å². The molecule has 1 atom stereocenters. The highest BCUT2D eigenvalue weighted by atomic mass is 35.5. The highest BCUT2D eigenvalue weighted by Crippen LogP contribution is 2.21. The predicted octanol–water partition coefficient (Wildman–Crippen LogP) is 2.76. The number of carbonyl (C=O) groups is 1. The lowest BCUT2D eigenvalue weighted by Crippen LogP contribution is -2.19. The maximum atomic E-state index is 13.0. The number of carbonyl (C=O) groups excluding carboxylic acids is 1. The molecule has 0 spiro atoms. The van der Waals surface area contributed by atoms with Gasteiger partial charge in [-0.1, -0.05) is 11.6 Å². The predicted molar refractivity (Wildman–Crippen MR) is 70.3 cm³/mol. The van der Waals surface area contributed by atoms with E-state index in [1.54, 1.807) is 0 Å². The Labute approximate surface area is 111 Å². The van der Waals surface area contributed by atoms with E-state index in [0.717, 1.165) is 19.5 Å². The van der Waals surface area contributed by atoms with E-state index in [9.17, 15) is 9.18 Å². The summed E-state index contributed by atoms with van der Waals surface area (Å²) in [4.78, 5) is 14.0. The number of amides is 1. The molecule has 2 rings (SSSR count). The fourth-order valence-corrected chi connectivity index (χ4v) is 2.42. The van der Waals surface area contributed by atoms with E-state index in [2.05, 4.69) is 17.3 Å². The van der Waals surface area contributed by atoms with Crippen molar-refractivity contribution in [2.75, 3.05) is 25.5 Å². The minimum Gasteiger partial charge on any atom is -0.326 e. The fraction of sp³-hybridized carbons (Fsp3) is 0.462. The molecule has 1 aliphatic rings. The molecule has 0 aromatic heterocycles. The SMILES string of the molecule is CN1CCC(CC(=O)Nc2ccc(F)c(Cl)c2)C1. The molecule has 1 unspecified atom stereocenters. The largest absolute Gasteiger partial charge is 0.326 e. The van der Waals surface area contributed by atoms with E-state index in [1.165, 1.54) is 18.2 Å². The van der Waals surface area contributed by atoms with Crippen LogP contribution in [0, 0.1) is 11.7 Å². The Morgan fingerprint density at radius 1 is 1.61 bits per heavy atom. The Bertz CT molecular complexity index is 453. The van der Waals surface area contributed by atoms with Gasteiger partial charge in [-0.2, -0.15) is 0 Å². The molecule has 0 aliphatic carbocycles. The number of rotatable bonds is 3. The lowest BCUT2D eigenvalue weighted by molar-refractivity contribution is -0.117. The number of likely N-dealkylation sites (tertiary alicyclic amines) is 1. The molecule has 18 heavy (non-hydrogen) atoms. The average molecular weight is 271 g/mol. The van der Waals surface area contributed by atoms with Gasteiger partial charge in [0.2, 0.25) is 5.91 Å². The smallest absolute Gasteiger partial charge is 0.224 e. The monoisotopic (exact) mass is 270 g/mol. The van der Waals surface area contributed by atoms with E-state index in [-0.39, 0.29) is 10.9 Å². The Hall–Kier alpha value is -1.13. The lowest BCUT2D eigenvalue weighted by Gasteiger charge is -2.11. The number of halogens is 2. The standard InChI is InChI=1S/C13H16ClFN2O/c1-17-5-4-9(8-17)6-13(18)16-10-2-3-12(15)11(14)7-10/h2-3,7,9H,4-6,8H2,1H3,(H,16,18). The van der Waals surface area contributed by atoms with Crippen LogP contribution in [0.25, 0.3) is 0 Å². The number of nitrogens with one attached hydrogen (secondary N) is 1. The van der Waals surface area contributed by atoms with Crippen LogP contribution in [0.2, 0.25) is 5.02 Å². The molecule has 1 fully saturated rings. The van der Waals surface area contributed by atoms with Gasteiger partial charge >= 0.3 is 0 Å². The number of anilines is 1. The molecule has 0 bridgehead atoms. The third-order valence-electron chi connectivity index (χ3n) is 3.17. The summed E-state index contributed by atoms with van der Waals surface area (Å²) in [7, 11) is 2.05. The number of hydrogen-bond acceptors (Lipinski definition) is 2. The van der Waals surface area contributed by atoms with Gasteiger partial charge in [0.1, 0.15) is 5.82 Å². The summed E-state index contributed by atoms with van der Waals surface area (Å²) in [5, 5.41) is 2.76. The molecule has 0 saturated carbocycles. The maximum Gasteiger partial charge on any atom is 0.224 e. The summed E-state index contributed by atoms with van der Waals surface area (Å²) >= 11 is 5.65. The molecule has 1 aromatic rings. The quantitative estimate of drug-likeness (QED) is 0.916. The van der Waals surface area contributed by atoms with Crippen LogP contribution in [0.4, 0.5) is 10.1 Å². The van der Waals surface area contributed by atoms with Gasteiger partial charge in [0, 0.05) is 18.7 Å². The molecule has 1 saturated heterocycles. The van der Waals surface area contributed by atoms with Crippen molar-refractivity contribution >= 4 is 23.2 Å². The zero-order chi connectivity index (χ0) is 13.1. The fourth-order valence-electron chi connectivity index (χ4n) is 2.24. The number of benzene rings is 1. The summed E-state index contributed by atoms with van der Waals surface area (Å²) in [6, 6.07) is 4.19. The first-order valence-electron chi connectivity index (χ1n) is 5.98. The van der Waals surface area contributed by atoms with Gasteiger partial charge in [-0.3, -0.25) is 4.79 Å². The number of hydrogen-bond donors (Lipinski definition) is 1. The minimum absolute atomic E-state index is 0.0217. The summed E-state index contributed by atoms with van der Waals surface area (Å²) in [5.74, 6) is -0.115. The normalized spacial score (nSPS) is 20.1. The van der Waals surface area contributed by atoms with Crippen molar-refractivity contribution in [2.45, 2.75) is 12.8 Å². The molecule has 1 aromatic carbocycles. The third-order valence-corrected chi connectivity index (χ3v) is 3.46. The van der Waals surface area contributed by atoms with Crippen molar-refractivity contribution in [3.63, 3.8) is 0 Å². The van der Waals surface area contributed by atoms with Gasteiger partial charge in [-0.25, -0.2) is 4.39 Å². The third kappa shape index (κ3) is 3.43. The van der Waals surface area contributed by atoms with Crippen molar-refractivity contribution in [2.24, 2.45) is 5.92 Å². The molecule has 1 heterocycles. The van der Waals surface area contributed by atoms with E-state index in [1.807, 2.05) is 0 Å². The highest BCUT2D eigenvalue weighted by Gasteiger charge is 2.22. The zero-order valence-electron chi connectivity index (χ0n) is 10.2. The topological polar surface area (TPSA) is 32.3 Å². The zero-order valence-corrected chi connectivity index (χ0v) is 11.0. The summed E-state index contributed by atoms with van der Waals surface area (Å²) < 4.78 is 13.0. The molecule has 5 heteroatoms. The number of nitrogens with zero attached hydrogens (tertiary/aromatic N) is 1. The van der Waals surface area contributed by atoms with Crippen LogP contribution in [-0.2, 0) is 4.79 Å². The van der Waals surface area contributed by atoms with Crippen LogP contribution >= 0.6 is 11.6 Å². The highest BCUT2D eigenvalue weighted by molar-refractivity contribution is 6.31. The minimum atomic E-state index is -0.480. The molecule has 1 N–H and O–H groups in total. The van der Waals surface area contributed by atoms with Crippen LogP contribution in [0.15, 0.2) is 18.2 Å². The van der Waals surface area contributed by atoms with Gasteiger partial charge in [0.05, 0.1) is 5.02 Å². The first kappa shape index (κ1) is 13.3. The second-order valence-corrected chi connectivity index (χ2v) is 5.21. The van der Waals surface area contributed by atoms with Gasteiger partial charge in [-0.05, 0) is 44.1 Å². The van der Waals surface area contributed by atoms with E-state index in [0.29, 0.717) is 18.0 Å². The van der Waals surface area contributed by atoms with E-state index < -0.39 is 5.82 Å². The van der Waals surface area contributed by atoms with Crippen molar-refractivity contribution in [1.82, 2.24) is 4.90 Å². The molecular formula is C13H16ClFN2O. The van der Waals surface area contributed by atoms with E-state index in [4.69, 9.17) is 11.6 Å². The van der Waals surface area contributed by atoms with Gasteiger partial charge in [0.25, 0.3) is 0 Å². The Morgan fingerprint density at radius 3 is 3.00 bits per heavy atom.